The fourth-order valence-corrected chi connectivity index (χ4v) is 6.80. The first-order valence-electron chi connectivity index (χ1n) is 15.5. The fraction of sp³-hybridized carbons (Fsp3) is 0.0244. The quantitative estimate of drug-likeness (QED) is 0.201. The molecule has 0 spiro atoms. The standard InChI is InChI=1S/C41H26N6/c1-26-11-9-13-28(23-26)39-43-40(29-14-10-12-27(24-29)25-42)45-41(44-39)47-35-20-8-6-18-33(35)37-36(47)22-21-32-31-17-5-7-19-34(31)46(38(32)37)30-15-3-2-4-16-30/h2-24H,1H3. The van der Waals surface area contributed by atoms with Gasteiger partial charge in [-0.25, -0.2) is 4.98 Å². The maximum atomic E-state index is 9.65. The maximum Gasteiger partial charge on any atom is 0.238 e. The zero-order valence-electron chi connectivity index (χ0n) is 25.5. The molecule has 0 N–H and O–H groups in total. The van der Waals surface area contributed by atoms with Crippen molar-refractivity contribution in [1.82, 2.24) is 24.1 Å². The lowest BCUT2D eigenvalue weighted by atomic mass is 10.1. The van der Waals surface area contributed by atoms with Gasteiger partial charge in [0.1, 0.15) is 0 Å². The molecular weight excluding hydrogens is 576 g/mol. The van der Waals surface area contributed by atoms with Gasteiger partial charge in [-0.1, -0.05) is 96.6 Å². The van der Waals surface area contributed by atoms with Gasteiger partial charge in [-0.15, -0.1) is 0 Å². The van der Waals surface area contributed by atoms with Crippen LogP contribution in [0, 0.1) is 18.3 Å². The molecule has 6 heteroatoms. The second kappa shape index (κ2) is 10.5. The first-order chi connectivity index (χ1) is 23.2. The third kappa shape index (κ3) is 4.22. The van der Waals surface area contributed by atoms with Crippen LogP contribution in [0.5, 0.6) is 0 Å². The van der Waals surface area contributed by atoms with E-state index >= 15 is 0 Å². The zero-order chi connectivity index (χ0) is 31.5. The number of fused-ring (bicyclic) bond motifs is 7. The second-order valence-corrected chi connectivity index (χ2v) is 11.7. The highest BCUT2D eigenvalue weighted by Gasteiger charge is 2.22. The van der Waals surface area contributed by atoms with Crippen LogP contribution in [0.3, 0.4) is 0 Å². The van der Waals surface area contributed by atoms with Crippen LogP contribution in [0.25, 0.3) is 78.0 Å². The van der Waals surface area contributed by atoms with E-state index in [9.17, 15) is 5.26 Å². The zero-order valence-corrected chi connectivity index (χ0v) is 25.5. The Bertz CT molecular complexity index is 2710. The molecule has 0 radical (unpaired) electrons. The lowest BCUT2D eigenvalue weighted by Gasteiger charge is -2.11. The third-order valence-corrected chi connectivity index (χ3v) is 8.83. The van der Waals surface area contributed by atoms with Crippen LogP contribution >= 0.6 is 0 Å². The van der Waals surface area contributed by atoms with E-state index in [1.165, 1.54) is 10.8 Å². The highest BCUT2D eigenvalue weighted by Crippen LogP contribution is 2.41. The van der Waals surface area contributed by atoms with Gasteiger partial charge in [-0.05, 0) is 55.5 Å². The molecule has 3 heterocycles. The van der Waals surface area contributed by atoms with Gasteiger partial charge in [-0.3, -0.25) is 4.57 Å². The highest BCUT2D eigenvalue weighted by atomic mass is 15.2. The minimum Gasteiger partial charge on any atom is -0.309 e. The summed E-state index contributed by atoms with van der Waals surface area (Å²) in [5.74, 6) is 1.59. The molecule has 0 bridgehead atoms. The van der Waals surface area contributed by atoms with Crippen LogP contribution in [0.15, 0.2) is 140 Å². The Kier molecular flexibility index (Phi) is 5.99. The number of aromatic nitrogens is 5. The Balaban J connectivity index is 1.42. The van der Waals surface area contributed by atoms with Crippen molar-refractivity contribution in [2.24, 2.45) is 0 Å². The van der Waals surface area contributed by atoms with Gasteiger partial charge in [0, 0.05) is 38.4 Å². The van der Waals surface area contributed by atoms with Crippen molar-refractivity contribution in [3.8, 4) is 40.5 Å². The Morgan fingerprint density at radius 2 is 1.19 bits per heavy atom. The van der Waals surface area contributed by atoms with E-state index < -0.39 is 0 Å². The minimum atomic E-state index is 0.508. The van der Waals surface area contributed by atoms with Crippen molar-refractivity contribution < 1.29 is 0 Å². The van der Waals surface area contributed by atoms with E-state index in [0.29, 0.717) is 23.2 Å². The normalized spacial score (nSPS) is 11.5. The first-order valence-corrected chi connectivity index (χ1v) is 15.5. The van der Waals surface area contributed by atoms with Crippen molar-refractivity contribution in [3.63, 3.8) is 0 Å². The molecule has 6 aromatic carbocycles. The number of aryl methyl sites for hydroxylation is 1. The monoisotopic (exact) mass is 602 g/mol. The van der Waals surface area contributed by atoms with E-state index in [-0.39, 0.29) is 0 Å². The van der Waals surface area contributed by atoms with E-state index in [1.807, 2.05) is 30.3 Å². The molecule has 0 fully saturated rings. The summed E-state index contributed by atoms with van der Waals surface area (Å²) in [6.07, 6.45) is 0. The lowest BCUT2D eigenvalue weighted by molar-refractivity contribution is 0.953. The summed E-state index contributed by atoms with van der Waals surface area (Å²) in [6, 6.07) is 49.8. The molecule has 0 aliphatic heterocycles. The largest absolute Gasteiger partial charge is 0.309 e. The van der Waals surface area contributed by atoms with Gasteiger partial charge in [0.2, 0.25) is 5.95 Å². The Labute approximate surface area is 270 Å². The molecule has 9 rings (SSSR count). The Hall–Kier alpha value is -6.58. The molecule has 0 saturated carbocycles. The summed E-state index contributed by atoms with van der Waals surface area (Å²) in [4.78, 5) is 15.2. The number of benzene rings is 6. The molecular formula is C41H26N6. The summed E-state index contributed by atoms with van der Waals surface area (Å²) >= 11 is 0. The molecule has 47 heavy (non-hydrogen) atoms. The highest BCUT2D eigenvalue weighted by molar-refractivity contribution is 6.26. The minimum absolute atomic E-state index is 0.508. The van der Waals surface area contributed by atoms with E-state index in [0.717, 1.165) is 55.2 Å². The number of para-hydroxylation sites is 3. The first kappa shape index (κ1) is 26.8. The number of hydrogen-bond acceptors (Lipinski definition) is 4. The van der Waals surface area contributed by atoms with Gasteiger partial charge < -0.3 is 4.57 Å². The van der Waals surface area contributed by atoms with Crippen LogP contribution < -0.4 is 0 Å². The Morgan fingerprint density at radius 1 is 0.532 bits per heavy atom. The molecule has 0 amide bonds. The molecule has 0 unspecified atom stereocenters. The van der Waals surface area contributed by atoms with Gasteiger partial charge in [0.25, 0.3) is 0 Å². The van der Waals surface area contributed by atoms with Crippen LogP contribution in [0.4, 0.5) is 0 Å². The number of nitrogens with zero attached hydrogens (tertiary/aromatic N) is 6. The van der Waals surface area contributed by atoms with E-state index in [2.05, 4.69) is 125 Å². The summed E-state index contributed by atoms with van der Waals surface area (Å²) in [5.41, 5.74) is 8.71. The third-order valence-electron chi connectivity index (χ3n) is 8.83. The summed E-state index contributed by atoms with van der Waals surface area (Å²) < 4.78 is 4.52. The SMILES string of the molecule is Cc1cccc(-c2nc(-c3cccc(C#N)c3)nc(-n3c4ccccc4c4c3ccc3c5ccccc5n(-c5ccccc5)c34)n2)c1. The topological polar surface area (TPSA) is 72.3 Å². The average Bonchev–Trinajstić information content (AvgIpc) is 3.65. The van der Waals surface area contributed by atoms with Gasteiger partial charge in [0.05, 0.1) is 33.7 Å². The van der Waals surface area contributed by atoms with Crippen molar-refractivity contribution in [2.75, 3.05) is 0 Å². The average molecular weight is 603 g/mol. The molecule has 0 saturated heterocycles. The molecule has 220 valence electrons. The predicted molar refractivity (Wildman–Crippen MR) is 189 cm³/mol. The lowest BCUT2D eigenvalue weighted by Crippen LogP contribution is -2.06. The number of rotatable bonds is 4. The van der Waals surface area contributed by atoms with E-state index in [1.54, 1.807) is 6.07 Å². The van der Waals surface area contributed by atoms with Gasteiger partial charge in [0.15, 0.2) is 11.6 Å². The van der Waals surface area contributed by atoms with Gasteiger partial charge >= 0.3 is 0 Å². The van der Waals surface area contributed by atoms with Crippen LogP contribution in [0.2, 0.25) is 0 Å². The second-order valence-electron chi connectivity index (χ2n) is 11.7. The summed E-state index contributed by atoms with van der Waals surface area (Å²) in [7, 11) is 0. The molecule has 9 aromatic rings. The molecule has 0 aliphatic rings. The molecule has 0 atom stereocenters. The number of nitriles is 1. The molecule has 0 aliphatic carbocycles. The van der Waals surface area contributed by atoms with Crippen molar-refractivity contribution in [2.45, 2.75) is 6.92 Å². The molecule has 3 aromatic heterocycles. The van der Waals surface area contributed by atoms with Crippen molar-refractivity contribution in [1.29, 1.82) is 5.26 Å². The van der Waals surface area contributed by atoms with E-state index in [4.69, 9.17) is 15.0 Å². The summed E-state index contributed by atoms with van der Waals surface area (Å²) in [6.45, 7) is 2.06. The smallest absolute Gasteiger partial charge is 0.238 e. The fourth-order valence-electron chi connectivity index (χ4n) is 6.80. The van der Waals surface area contributed by atoms with Crippen LogP contribution in [-0.2, 0) is 0 Å². The van der Waals surface area contributed by atoms with Crippen LogP contribution in [0.1, 0.15) is 11.1 Å². The Morgan fingerprint density at radius 3 is 1.94 bits per heavy atom. The number of hydrogen-bond donors (Lipinski definition) is 0. The summed E-state index contributed by atoms with van der Waals surface area (Å²) in [5, 5.41) is 14.3. The molecule has 6 nitrogen and oxygen atoms in total. The van der Waals surface area contributed by atoms with Crippen molar-refractivity contribution in [3.05, 3.63) is 151 Å². The predicted octanol–water partition coefficient (Wildman–Crippen LogP) is 9.58. The van der Waals surface area contributed by atoms with Crippen molar-refractivity contribution >= 4 is 43.6 Å². The van der Waals surface area contributed by atoms with Gasteiger partial charge in [-0.2, -0.15) is 15.2 Å². The maximum absolute atomic E-state index is 9.65. The van der Waals surface area contributed by atoms with Crippen LogP contribution in [-0.4, -0.2) is 24.1 Å².